The van der Waals surface area contributed by atoms with Gasteiger partial charge >= 0.3 is 11.8 Å². The van der Waals surface area contributed by atoms with Crippen LogP contribution >= 0.6 is 0 Å². The molecule has 1 saturated heterocycles. The Hall–Kier alpha value is -2.37. The van der Waals surface area contributed by atoms with E-state index in [2.05, 4.69) is 0 Å². The molecule has 1 aliphatic heterocycles. The third kappa shape index (κ3) is 4.31. The van der Waals surface area contributed by atoms with Gasteiger partial charge in [0.15, 0.2) is 0 Å². The molecule has 0 aliphatic carbocycles. The van der Waals surface area contributed by atoms with Crippen molar-refractivity contribution in [2.45, 2.75) is 26.3 Å². The third-order valence-electron chi connectivity index (χ3n) is 4.25. The van der Waals surface area contributed by atoms with Gasteiger partial charge in [0.25, 0.3) is 0 Å². The van der Waals surface area contributed by atoms with Crippen LogP contribution in [0.15, 0.2) is 30.3 Å². The average Bonchev–Trinajstić information content (AvgIpc) is 2.59. The van der Waals surface area contributed by atoms with Crippen LogP contribution in [0.3, 0.4) is 0 Å². The minimum Gasteiger partial charge on any atom is -0.369 e. The number of likely N-dealkylation sites (N-methyl/N-ethyl adjacent to an activating group) is 1. The van der Waals surface area contributed by atoms with Crippen LogP contribution < -0.4 is 5.73 Å². The molecule has 0 spiro atoms. The van der Waals surface area contributed by atoms with Gasteiger partial charge in [0.05, 0.1) is 0 Å². The van der Waals surface area contributed by atoms with Crippen molar-refractivity contribution < 1.29 is 14.4 Å². The molecule has 124 valence electrons. The molecular weight excluding hydrogens is 294 g/mol. The second-order valence-corrected chi connectivity index (χ2v) is 5.77. The predicted octanol–water partition coefficient (Wildman–Crippen LogP) is 0.759. The first-order valence-electron chi connectivity index (χ1n) is 7.94. The summed E-state index contributed by atoms with van der Waals surface area (Å²) in [6.45, 7) is 3.55. The van der Waals surface area contributed by atoms with Crippen LogP contribution in [0.4, 0.5) is 0 Å². The molecule has 1 fully saturated rings. The van der Waals surface area contributed by atoms with E-state index in [9.17, 15) is 14.4 Å². The molecule has 1 aliphatic rings. The maximum Gasteiger partial charge on any atom is 0.312 e. The third-order valence-corrected chi connectivity index (χ3v) is 4.25. The molecule has 6 nitrogen and oxygen atoms in total. The van der Waals surface area contributed by atoms with Crippen LogP contribution in [0.1, 0.15) is 25.3 Å². The minimum absolute atomic E-state index is 0.194. The Bertz CT molecular complexity index is 566. The van der Waals surface area contributed by atoms with Gasteiger partial charge in [-0.1, -0.05) is 30.3 Å². The molecule has 1 aromatic rings. The summed E-state index contributed by atoms with van der Waals surface area (Å²) < 4.78 is 0. The molecule has 1 aromatic carbocycles. The monoisotopic (exact) mass is 317 g/mol. The molecule has 1 heterocycles. The van der Waals surface area contributed by atoms with Crippen LogP contribution in [0.2, 0.25) is 0 Å². The van der Waals surface area contributed by atoms with Gasteiger partial charge in [0, 0.05) is 32.1 Å². The Morgan fingerprint density at radius 3 is 2.30 bits per heavy atom. The number of nitrogens with two attached hydrogens (primary N) is 1. The lowest BCUT2D eigenvalue weighted by molar-refractivity contribution is -0.153. The number of carbonyl (C=O) groups excluding carboxylic acids is 3. The SMILES string of the molecule is CCN(Cc1ccccc1)C(=O)C(=O)N1CCC(C(N)=O)CC1. The quantitative estimate of drug-likeness (QED) is 0.832. The highest BCUT2D eigenvalue weighted by Crippen LogP contribution is 2.17. The number of benzene rings is 1. The first-order valence-corrected chi connectivity index (χ1v) is 7.94. The van der Waals surface area contributed by atoms with Gasteiger partial charge in [-0.2, -0.15) is 0 Å². The van der Waals surface area contributed by atoms with Crippen molar-refractivity contribution in [3.05, 3.63) is 35.9 Å². The lowest BCUT2D eigenvalue weighted by atomic mass is 9.96. The second kappa shape index (κ2) is 7.76. The summed E-state index contributed by atoms with van der Waals surface area (Å²) in [4.78, 5) is 39.0. The van der Waals surface area contributed by atoms with Crippen LogP contribution in [-0.2, 0) is 20.9 Å². The van der Waals surface area contributed by atoms with Crippen molar-refractivity contribution in [1.82, 2.24) is 9.80 Å². The molecule has 6 heteroatoms. The number of rotatable bonds is 4. The van der Waals surface area contributed by atoms with Crippen LogP contribution in [0.25, 0.3) is 0 Å². The van der Waals surface area contributed by atoms with E-state index in [-0.39, 0.29) is 11.8 Å². The van der Waals surface area contributed by atoms with E-state index in [1.807, 2.05) is 37.3 Å². The summed E-state index contributed by atoms with van der Waals surface area (Å²) in [5, 5.41) is 0. The molecule has 2 N–H and O–H groups in total. The van der Waals surface area contributed by atoms with Gasteiger partial charge in [0.2, 0.25) is 5.91 Å². The van der Waals surface area contributed by atoms with Crippen LogP contribution in [-0.4, -0.2) is 47.2 Å². The van der Waals surface area contributed by atoms with Gasteiger partial charge in [-0.15, -0.1) is 0 Å². The summed E-state index contributed by atoms with van der Waals surface area (Å²) in [6, 6.07) is 9.58. The molecule has 0 aromatic heterocycles. The average molecular weight is 317 g/mol. The molecule has 0 radical (unpaired) electrons. The van der Waals surface area contributed by atoms with Crippen LogP contribution in [0.5, 0.6) is 0 Å². The van der Waals surface area contributed by atoms with Gasteiger partial charge in [-0.3, -0.25) is 14.4 Å². The lowest BCUT2D eigenvalue weighted by Gasteiger charge is -2.31. The zero-order chi connectivity index (χ0) is 16.8. The summed E-state index contributed by atoms with van der Waals surface area (Å²) in [5.74, 6) is -1.51. The minimum atomic E-state index is -0.495. The van der Waals surface area contributed by atoms with Crippen molar-refractivity contribution in [2.75, 3.05) is 19.6 Å². The molecule has 23 heavy (non-hydrogen) atoms. The Morgan fingerprint density at radius 2 is 1.78 bits per heavy atom. The van der Waals surface area contributed by atoms with Crippen molar-refractivity contribution in [2.24, 2.45) is 11.7 Å². The van der Waals surface area contributed by atoms with Crippen molar-refractivity contribution in [1.29, 1.82) is 0 Å². The first kappa shape index (κ1) is 17.0. The number of primary amides is 1. The predicted molar refractivity (Wildman–Crippen MR) is 86.0 cm³/mol. The molecular formula is C17H23N3O3. The molecule has 0 saturated carbocycles. The number of carbonyl (C=O) groups is 3. The normalized spacial score (nSPS) is 15.3. The number of piperidine rings is 1. The molecule has 0 unspecified atom stereocenters. The Labute approximate surface area is 136 Å². The van der Waals surface area contributed by atoms with Gasteiger partial charge in [-0.25, -0.2) is 0 Å². The molecule has 3 amide bonds. The topological polar surface area (TPSA) is 83.7 Å². The second-order valence-electron chi connectivity index (χ2n) is 5.77. The largest absolute Gasteiger partial charge is 0.369 e. The smallest absolute Gasteiger partial charge is 0.312 e. The summed E-state index contributed by atoms with van der Waals surface area (Å²) in [7, 11) is 0. The van der Waals surface area contributed by atoms with Gasteiger partial charge < -0.3 is 15.5 Å². The molecule has 2 rings (SSSR count). The highest BCUT2D eigenvalue weighted by molar-refractivity contribution is 6.34. The highest BCUT2D eigenvalue weighted by Gasteiger charge is 2.31. The first-order chi connectivity index (χ1) is 11.0. The molecule has 0 bridgehead atoms. The van der Waals surface area contributed by atoms with Crippen molar-refractivity contribution in [3.8, 4) is 0 Å². The maximum atomic E-state index is 12.4. The summed E-state index contributed by atoms with van der Waals surface area (Å²) in [6.07, 6.45) is 1.05. The number of nitrogens with zero attached hydrogens (tertiary/aromatic N) is 2. The van der Waals surface area contributed by atoms with E-state index in [1.165, 1.54) is 9.80 Å². The highest BCUT2D eigenvalue weighted by atomic mass is 16.2. The zero-order valence-corrected chi connectivity index (χ0v) is 13.4. The van der Waals surface area contributed by atoms with E-state index in [4.69, 9.17) is 5.73 Å². The number of hydrogen-bond donors (Lipinski definition) is 1. The van der Waals surface area contributed by atoms with Crippen LogP contribution in [0, 0.1) is 5.92 Å². The zero-order valence-electron chi connectivity index (χ0n) is 13.4. The Morgan fingerprint density at radius 1 is 1.17 bits per heavy atom. The Balaban J connectivity index is 1.95. The number of hydrogen-bond acceptors (Lipinski definition) is 3. The van der Waals surface area contributed by atoms with Crippen molar-refractivity contribution in [3.63, 3.8) is 0 Å². The lowest BCUT2D eigenvalue weighted by Crippen LogP contribution is -2.48. The summed E-state index contributed by atoms with van der Waals surface area (Å²) in [5.41, 5.74) is 6.28. The van der Waals surface area contributed by atoms with Gasteiger partial charge in [-0.05, 0) is 25.3 Å². The maximum absolute atomic E-state index is 12.4. The fourth-order valence-electron chi connectivity index (χ4n) is 2.77. The Kier molecular flexibility index (Phi) is 5.73. The molecule has 0 atom stereocenters. The number of likely N-dealkylation sites (tertiary alicyclic amines) is 1. The standard InChI is InChI=1S/C17H23N3O3/c1-2-19(12-13-6-4-3-5-7-13)16(22)17(23)20-10-8-14(9-11-20)15(18)21/h3-7,14H,2,8-12H2,1H3,(H2,18,21). The van der Waals surface area contributed by atoms with Gasteiger partial charge in [0.1, 0.15) is 0 Å². The van der Waals surface area contributed by atoms with Crippen molar-refractivity contribution >= 4 is 17.7 Å². The summed E-state index contributed by atoms with van der Waals surface area (Å²) >= 11 is 0. The van der Waals surface area contributed by atoms with E-state index >= 15 is 0 Å². The van der Waals surface area contributed by atoms with E-state index < -0.39 is 11.8 Å². The fraction of sp³-hybridized carbons (Fsp3) is 0.471. The fourth-order valence-corrected chi connectivity index (χ4v) is 2.77. The van der Waals surface area contributed by atoms with E-state index in [0.29, 0.717) is 39.0 Å². The van der Waals surface area contributed by atoms with E-state index in [0.717, 1.165) is 5.56 Å². The number of amides is 3. The van der Waals surface area contributed by atoms with E-state index in [1.54, 1.807) is 0 Å².